The molecule has 0 aliphatic carbocycles. The van der Waals surface area contributed by atoms with Crippen LogP contribution in [0, 0.1) is 0 Å². The van der Waals surface area contributed by atoms with Gasteiger partial charge < -0.3 is 9.47 Å². The summed E-state index contributed by atoms with van der Waals surface area (Å²) in [7, 11) is 0. The van der Waals surface area contributed by atoms with Crippen LogP contribution < -0.4 is 10.8 Å². The SMILES string of the molecule is O=C(OC[C@@H]1OC[C@H](n2ccc(N(F)C(=O)c3ccccc3)nc2=O)S1)c1ccccc1. The molecule has 0 N–H and O–H groups in total. The number of benzene rings is 2. The maximum Gasteiger partial charge on any atom is 0.350 e. The summed E-state index contributed by atoms with van der Waals surface area (Å²) in [5, 5.41) is -0.590. The number of amides is 1. The molecule has 2 aromatic carbocycles. The zero-order valence-corrected chi connectivity index (χ0v) is 17.5. The molecule has 1 amide bonds. The van der Waals surface area contributed by atoms with Crippen molar-refractivity contribution in [1.29, 1.82) is 0 Å². The summed E-state index contributed by atoms with van der Waals surface area (Å²) in [5.41, 5.74) is -0.622. The number of ether oxygens (including phenoxy) is 2. The fraction of sp³-hybridized carbons (Fsp3) is 0.182. The largest absolute Gasteiger partial charge is 0.458 e. The fourth-order valence-electron chi connectivity index (χ4n) is 3.01. The van der Waals surface area contributed by atoms with Gasteiger partial charge in [-0.3, -0.25) is 9.36 Å². The molecule has 3 aromatic rings. The molecular formula is C22H18FN3O5S. The molecule has 0 spiro atoms. The molecule has 1 saturated heterocycles. The van der Waals surface area contributed by atoms with Crippen LogP contribution in [0.5, 0.6) is 0 Å². The summed E-state index contributed by atoms with van der Waals surface area (Å²) in [4.78, 5) is 40.4. The number of nitrogens with zero attached hydrogens (tertiary/aromatic N) is 3. The maximum atomic E-state index is 14.5. The monoisotopic (exact) mass is 455 g/mol. The van der Waals surface area contributed by atoms with E-state index in [9.17, 15) is 18.9 Å². The van der Waals surface area contributed by atoms with Gasteiger partial charge in [-0.05, 0) is 24.3 Å². The van der Waals surface area contributed by atoms with Gasteiger partial charge in [0.25, 0.3) is 5.91 Å². The highest BCUT2D eigenvalue weighted by molar-refractivity contribution is 8.00. The lowest BCUT2D eigenvalue weighted by atomic mass is 10.2. The highest BCUT2D eigenvalue weighted by Gasteiger charge is 2.30. The Morgan fingerprint density at radius 3 is 2.41 bits per heavy atom. The summed E-state index contributed by atoms with van der Waals surface area (Å²) < 4.78 is 26.6. The Morgan fingerprint density at radius 1 is 1.09 bits per heavy atom. The third-order valence-electron chi connectivity index (χ3n) is 4.62. The summed E-state index contributed by atoms with van der Waals surface area (Å²) in [6, 6.07) is 17.7. The van der Waals surface area contributed by atoms with Gasteiger partial charge in [0, 0.05) is 17.8 Å². The molecular weight excluding hydrogens is 437 g/mol. The average Bonchev–Trinajstić information content (AvgIpc) is 3.31. The van der Waals surface area contributed by atoms with Crippen LogP contribution in [0.3, 0.4) is 0 Å². The van der Waals surface area contributed by atoms with Crippen molar-refractivity contribution in [2.45, 2.75) is 10.8 Å². The molecule has 2 atom stereocenters. The van der Waals surface area contributed by atoms with Crippen molar-refractivity contribution in [2.75, 3.05) is 18.3 Å². The predicted octanol–water partition coefficient (Wildman–Crippen LogP) is 3.22. The van der Waals surface area contributed by atoms with Gasteiger partial charge in [0.2, 0.25) is 0 Å². The van der Waals surface area contributed by atoms with Gasteiger partial charge in [-0.25, -0.2) is 9.59 Å². The van der Waals surface area contributed by atoms with E-state index in [-0.39, 0.29) is 23.9 Å². The van der Waals surface area contributed by atoms with Crippen molar-refractivity contribution >= 4 is 29.5 Å². The van der Waals surface area contributed by atoms with Gasteiger partial charge in [0.1, 0.15) is 17.4 Å². The highest BCUT2D eigenvalue weighted by atomic mass is 32.2. The van der Waals surface area contributed by atoms with Crippen molar-refractivity contribution in [2.24, 2.45) is 0 Å². The Balaban J connectivity index is 1.37. The first-order valence-electron chi connectivity index (χ1n) is 9.66. The fourth-order valence-corrected chi connectivity index (χ4v) is 4.11. The third-order valence-corrected chi connectivity index (χ3v) is 5.87. The van der Waals surface area contributed by atoms with Crippen LogP contribution in [0.25, 0.3) is 0 Å². The molecule has 32 heavy (non-hydrogen) atoms. The van der Waals surface area contributed by atoms with Gasteiger partial charge in [-0.1, -0.05) is 52.6 Å². The van der Waals surface area contributed by atoms with Crippen LogP contribution >= 0.6 is 11.8 Å². The van der Waals surface area contributed by atoms with Gasteiger partial charge in [0.15, 0.2) is 5.82 Å². The smallest absolute Gasteiger partial charge is 0.350 e. The molecule has 1 aromatic heterocycles. The van der Waals surface area contributed by atoms with E-state index in [0.29, 0.717) is 5.56 Å². The van der Waals surface area contributed by atoms with Crippen molar-refractivity contribution in [3.63, 3.8) is 0 Å². The van der Waals surface area contributed by atoms with Gasteiger partial charge in [-0.15, -0.1) is 5.12 Å². The standard InChI is InChI=1S/C22H18FN3O5S/c23-26(20(27)15-7-3-1-4-8-15)17-11-12-25(22(29)24-17)18-13-30-19(32-18)14-31-21(28)16-9-5-2-6-10-16/h1-12,18-19H,13-14H2/t18-,19-/m1/s1. The van der Waals surface area contributed by atoms with Gasteiger partial charge in [-0.2, -0.15) is 4.98 Å². The molecule has 0 unspecified atom stereocenters. The van der Waals surface area contributed by atoms with E-state index in [0.717, 1.165) is 0 Å². The van der Waals surface area contributed by atoms with Crippen LogP contribution in [0.4, 0.5) is 10.3 Å². The van der Waals surface area contributed by atoms with Crippen molar-refractivity contribution < 1.29 is 23.5 Å². The lowest BCUT2D eigenvalue weighted by Crippen LogP contribution is -2.30. The summed E-state index contributed by atoms with van der Waals surface area (Å²) in [5.74, 6) is -1.79. The third kappa shape index (κ3) is 4.87. The Kier molecular flexibility index (Phi) is 6.62. The quantitative estimate of drug-likeness (QED) is 0.416. The van der Waals surface area contributed by atoms with Gasteiger partial charge >= 0.3 is 11.7 Å². The number of anilines is 1. The lowest BCUT2D eigenvalue weighted by molar-refractivity contribution is 0.0273. The normalized spacial score (nSPS) is 17.7. The summed E-state index contributed by atoms with van der Waals surface area (Å²) in [6.45, 7) is 0.195. The summed E-state index contributed by atoms with van der Waals surface area (Å²) >= 11 is 1.28. The van der Waals surface area contributed by atoms with E-state index in [1.165, 1.54) is 40.7 Å². The number of hydrogen-bond donors (Lipinski definition) is 0. The molecule has 4 rings (SSSR count). The number of carbonyl (C=O) groups excluding carboxylic acids is 2. The Morgan fingerprint density at radius 2 is 1.75 bits per heavy atom. The van der Waals surface area contributed by atoms with Crippen LogP contribution in [0.15, 0.2) is 77.7 Å². The molecule has 1 aliphatic rings. The molecule has 164 valence electrons. The summed E-state index contributed by atoms with van der Waals surface area (Å²) in [6.07, 6.45) is 1.36. The van der Waals surface area contributed by atoms with E-state index < -0.39 is 34.2 Å². The zero-order chi connectivity index (χ0) is 22.5. The molecule has 2 heterocycles. The molecule has 0 bridgehead atoms. The minimum absolute atomic E-state index is 0.0129. The second kappa shape index (κ2) is 9.75. The number of carbonyl (C=O) groups is 2. The lowest BCUT2D eigenvalue weighted by Gasteiger charge is -2.14. The van der Waals surface area contributed by atoms with E-state index >= 15 is 0 Å². The molecule has 1 aliphatic heterocycles. The van der Waals surface area contributed by atoms with Crippen LogP contribution in [-0.2, 0) is 9.47 Å². The topological polar surface area (TPSA) is 90.7 Å². The molecule has 10 heteroatoms. The number of rotatable bonds is 6. The predicted molar refractivity (Wildman–Crippen MR) is 116 cm³/mol. The molecule has 0 radical (unpaired) electrons. The second-order valence-electron chi connectivity index (χ2n) is 6.75. The van der Waals surface area contributed by atoms with Crippen molar-refractivity contribution in [3.05, 3.63) is 94.5 Å². The zero-order valence-electron chi connectivity index (χ0n) is 16.7. The maximum absolute atomic E-state index is 14.5. The minimum Gasteiger partial charge on any atom is -0.458 e. The van der Waals surface area contributed by atoms with Gasteiger partial charge in [0.05, 0.1) is 12.2 Å². The first-order chi connectivity index (χ1) is 15.5. The Labute approximate surface area is 186 Å². The second-order valence-corrected chi connectivity index (χ2v) is 8.09. The van der Waals surface area contributed by atoms with Crippen molar-refractivity contribution in [1.82, 2.24) is 9.55 Å². The minimum atomic E-state index is -0.922. The number of thioether (sulfide) groups is 1. The van der Waals surface area contributed by atoms with Crippen LogP contribution in [-0.4, -0.2) is 40.1 Å². The van der Waals surface area contributed by atoms with Crippen LogP contribution in [0.2, 0.25) is 0 Å². The molecule has 8 nitrogen and oxygen atoms in total. The molecule has 1 fully saturated rings. The number of esters is 1. The Bertz CT molecular complexity index is 1160. The van der Waals surface area contributed by atoms with E-state index in [2.05, 4.69) is 4.98 Å². The Hall–Kier alpha value is -3.50. The number of halogens is 1. The van der Waals surface area contributed by atoms with E-state index in [1.807, 2.05) is 0 Å². The first kappa shape index (κ1) is 21.7. The number of aromatic nitrogens is 2. The highest BCUT2D eigenvalue weighted by Crippen LogP contribution is 2.35. The average molecular weight is 455 g/mol. The number of hydrogen-bond acceptors (Lipinski definition) is 7. The van der Waals surface area contributed by atoms with E-state index in [1.54, 1.807) is 48.5 Å². The molecule has 0 saturated carbocycles. The first-order valence-corrected chi connectivity index (χ1v) is 10.6. The van der Waals surface area contributed by atoms with E-state index in [4.69, 9.17) is 9.47 Å². The van der Waals surface area contributed by atoms with Crippen LogP contribution in [0.1, 0.15) is 26.1 Å². The van der Waals surface area contributed by atoms with Crippen molar-refractivity contribution in [3.8, 4) is 0 Å².